The molecule has 2 N–H and O–H groups in total. The van der Waals surface area contributed by atoms with Crippen molar-refractivity contribution < 1.29 is 31.5 Å². The molecular weight excluding hydrogens is 395 g/mol. The van der Waals surface area contributed by atoms with Crippen molar-refractivity contribution in [2.75, 3.05) is 5.32 Å². The first-order chi connectivity index (χ1) is 12.5. The van der Waals surface area contributed by atoms with E-state index < -0.39 is 47.8 Å². The van der Waals surface area contributed by atoms with Crippen LogP contribution in [0.15, 0.2) is 42.5 Å². The first-order valence-corrected chi connectivity index (χ1v) is 7.82. The van der Waals surface area contributed by atoms with E-state index in [1.54, 1.807) is 0 Å². The van der Waals surface area contributed by atoms with Crippen molar-refractivity contribution in [3.8, 4) is 0 Å². The molecule has 0 spiro atoms. The molecule has 0 saturated carbocycles. The Morgan fingerprint density at radius 3 is 2.19 bits per heavy atom. The highest BCUT2D eigenvalue weighted by Crippen LogP contribution is 2.30. The number of alkyl halides is 3. The van der Waals surface area contributed by atoms with E-state index >= 15 is 0 Å². The molecule has 0 saturated heterocycles. The second-order valence-electron chi connectivity index (χ2n) is 5.48. The molecule has 2 amide bonds. The molecule has 1 unspecified atom stereocenters. The quantitative estimate of drug-likeness (QED) is 0.585. The summed E-state index contributed by atoms with van der Waals surface area (Å²) >= 11 is 5.69. The number of amides is 2. The van der Waals surface area contributed by atoms with Gasteiger partial charge >= 0.3 is 18.0 Å². The monoisotopic (exact) mass is 406 g/mol. The van der Waals surface area contributed by atoms with Gasteiger partial charge in [-0.15, -0.1) is 0 Å². The van der Waals surface area contributed by atoms with Gasteiger partial charge in [0.05, 0.1) is 18.2 Å². The van der Waals surface area contributed by atoms with Crippen molar-refractivity contribution in [1.82, 2.24) is 5.32 Å². The minimum Gasteiger partial charge on any atom is -0.341 e. The van der Waals surface area contributed by atoms with Crippen LogP contribution < -0.4 is 10.6 Å². The summed E-state index contributed by atoms with van der Waals surface area (Å²) in [6.45, 7) is 0. The van der Waals surface area contributed by atoms with E-state index in [1.807, 2.05) is 10.6 Å². The van der Waals surface area contributed by atoms with Gasteiger partial charge in [0, 0.05) is 11.1 Å². The van der Waals surface area contributed by atoms with Crippen molar-refractivity contribution >= 4 is 29.1 Å². The lowest BCUT2D eigenvalue weighted by Crippen LogP contribution is -2.39. The van der Waals surface area contributed by atoms with E-state index in [1.165, 1.54) is 24.3 Å². The van der Waals surface area contributed by atoms with Crippen LogP contribution in [0.4, 0.5) is 27.6 Å². The number of anilines is 1. The average Bonchev–Trinajstić information content (AvgIpc) is 2.56. The summed E-state index contributed by atoms with van der Waals surface area (Å²) in [6, 6.07) is 5.86. The molecule has 2 rings (SSSR count). The van der Waals surface area contributed by atoms with Gasteiger partial charge in [0.2, 0.25) is 0 Å². The molecule has 144 valence electrons. The molecular formula is C17H12ClF5N2O2. The number of hydrogen-bond donors (Lipinski definition) is 2. The van der Waals surface area contributed by atoms with Gasteiger partial charge in [-0.05, 0) is 29.8 Å². The van der Waals surface area contributed by atoms with Crippen LogP contribution in [0.5, 0.6) is 0 Å². The van der Waals surface area contributed by atoms with Gasteiger partial charge in [-0.1, -0.05) is 23.7 Å². The van der Waals surface area contributed by atoms with E-state index in [0.29, 0.717) is 6.07 Å². The standard InChI is InChI=1S/C17H12ClF5N2O2/c18-10-3-1-9(2-4-10)14(8-17(21,22)23)25-16(27)15(26)24-13-6-5-11(19)7-12(13)20/h1-7,14H,8H2,(H,24,26)(H,25,27). The van der Waals surface area contributed by atoms with Gasteiger partial charge in [0.1, 0.15) is 11.6 Å². The molecule has 0 radical (unpaired) electrons. The van der Waals surface area contributed by atoms with Gasteiger partial charge in [-0.25, -0.2) is 8.78 Å². The Hall–Kier alpha value is -2.68. The van der Waals surface area contributed by atoms with E-state index in [4.69, 9.17) is 11.6 Å². The Labute approximate surface area is 155 Å². The van der Waals surface area contributed by atoms with Crippen LogP contribution >= 0.6 is 11.6 Å². The molecule has 0 aromatic heterocycles. The number of nitrogens with one attached hydrogen (secondary N) is 2. The predicted octanol–water partition coefficient (Wildman–Crippen LogP) is 4.37. The van der Waals surface area contributed by atoms with Gasteiger partial charge < -0.3 is 10.6 Å². The Morgan fingerprint density at radius 1 is 1.00 bits per heavy atom. The van der Waals surface area contributed by atoms with Gasteiger partial charge in [0.25, 0.3) is 0 Å². The second-order valence-corrected chi connectivity index (χ2v) is 5.91. The highest BCUT2D eigenvalue weighted by molar-refractivity contribution is 6.39. The Balaban J connectivity index is 2.14. The molecule has 10 heteroatoms. The second kappa shape index (κ2) is 8.34. The number of benzene rings is 2. The predicted molar refractivity (Wildman–Crippen MR) is 88.0 cm³/mol. The number of rotatable bonds is 4. The summed E-state index contributed by atoms with van der Waals surface area (Å²) in [5.41, 5.74) is -0.416. The Bertz CT molecular complexity index is 840. The highest BCUT2D eigenvalue weighted by atomic mass is 35.5. The molecule has 0 aliphatic carbocycles. The maximum atomic E-state index is 13.5. The molecule has 0 bridgehead atoms. The van der Waals surface area contributed by atoms with Gasteiger partial charge in [-0.3, -0.25) is 9.59 Å². The highest BCUT2D eigenvalue weighted by Gasteiger charge is 2.34. The smallest absolute Gasteiger partial charge is 0.341 e. The third-order valence-corrected chi connectivity index (χ3v) is 3.65. The first-order valence-electron chi connectivity index (χ1n) is 7.44. The molecule has 0 fully saturated rings. The largest absolute Gasteiger partial charge is 0.391 e. The molecule has 2 aromatic rings. The summed E-state index contributed by atoms with van der Waals surface area (Å²) < 4.78 is 64.7. The molecule has 2 aromatic carbocycles. The average molecular weight is 407 g/mol. The number of carbonyl (C=O) groups is 2. The molecule has 27 heavy (non-hydrogen) atoms. The lowest BCUT2D eigenvalue weighted by atomic mass is 10.0. The van der Waals surface area contributed by atoms with Crippen LogP contribution in [-0.4, -0.2) is 18.0 Å². The van der Waals surface area contributed by atoms with Crippen molar-refractivity contribution in [2.45, 2.75) is 18.6 Å². The van der Waals surface area contributed by atoms with Crippen molar-refractivity contribution in [3.05, 3.63) is 64.7 Å². The van der Waals surface area contributed by atoms with Crippen molar-refractivity contribution in [3.63, 3.8) is 0 Å². The summed E-state index contributed by atoms with van der Waals surface area (Å²) in [5.74, 6) is -4.85. The fourth-order valence-corrected chi connectivity index (χ4v) is 2.30. The summed E-state index contributed by atoms with van der Waals surface area (Å²) in [5, 5.41) is 4.10. The van der Waals surface area contributed by atoms with Crippen LogP contribution in [-0.2, 0) is 9.59 Å². The summed E-state index contributed by atoms with van der Waals surface area (Å²) in [4.78, 5) is 23.8. The summed E-state index contributed by atoms with van der Waals surface area (Å²) in [7, 11) is 0. The molecule has 0 aliphatic rings. The Kier molecular flexibility index (Phi) is 6.37. The van der Waals surface area contributed by atoms with E-state index in [9.17, 15) is 31.5 Å². The SMILES string of the molecule is O=C(Nc1ccc(F)cc1F)C(=O)NC(CC(F)(F)F)c1ccc(Cl)cc1. The molecule has 4 nitrogen and oxygen atoms in total. The lowest BCUT2D eigenvalue weighted by Gasteiger charge is -2.20. The number of hydrogen-bond acceptors (Lipinski definition) is 2. The van der Waals surface area contributed by atoms with E-state index in [2.05, 4.69) is 0 Å². The zero-order valence-electron chi connectivity index (χ0n) is 13.4. The third kappa shape index (κ3) is 6.21. The van der Waals surface area contributed by atoms with Crippen molar-refractivity contribution in [2.24, 2.45) is 0 Å². The van der Waals surface area contributed by atoms with Crippen LogP contribution in [0.3, 0.4) is 0 Å². The van der Waals surface area contributed by atoms with E-state index in [-0.39, 0.29) is 10.6 Å². The molecule has 0 aliphatic heterocycles. The Morgan fingerprint density at radius 2 is 1.63 bits per heavy atom. The maximum absolute atomic E-state index is 13.5. The number of halogens is 6. The van der Waals surface area contributed by atoms with E-state index in [0.717, 1.165) is 12.1 Å². The molecule has 0 heterocycles. The normalized spacial score (nSPS) is 12.4. The van der Waals surface area contributed by atoms with Crippen LogP contribution in [0, 0.1) is 11.6 Å². The zero-order chi connectivity index (χ0) is 20.2. The minimum atomic E-state index is -4.63. The fraction of sp³-hybridized carbons (Fsp3) is 0.176. The number of carbonyl (C=O) groups excluding carboxylic acids is 2. The van der Waals surface area contributed by atoms with Gasteiger partial charge in [0.15, 0.2) is 0 Å². The van der Waals surface area contributed by atoms with Crippen LogP contribution in [0.1, 0.15) is 18.0 Å². The topological polar surface area (TPSA) is 58.2 Å². The van der Waals surface area contributed by atoms with Crippen LogP contribution in [0.25, 0.3) is 0 Å². The minimum absolute atomic E-state index is 0.0748. The maximum Gasteiger partial charge on any atom is 0.391 e. The van der Waals surface area contributed by atoms with Gasteiger partial charge in [-0.2, -0.15) is 13.2 Å². The summed E-state index contributed by atoms with van der Waals surface area (Å²) in [6.07, 6.45) is -6.06. The first kappa shape index (κ1) is 20.6. The molecule has 1 atom stereocenters. The third-order valence-electron chi connectivity index (χ3n) is 3.40. The van der Waals surface area contributed by atoms with Crippen molar-refractivity contribution in [1.29, 1.82) is 0 Å². The fourth-order valence-electron chi connectivity index (χ4n) is 2.17. The zero-order valence-corrected chi connectivity index (χ0v) is 14.2. The van der Waals surface area contributed by atoms with Crippen LogP contribution in [0.2, 0.25) is 5.02 Å². The lowest BCUT2D eigenvalue weighted by molar-refractivity contribution is -0.146.